The van der Waals surface area contributed by atoms with E-state index in [1.54, 1.807) is 18.2 Å². The third kappa shape index (κ3) is 2.22. The van der Waals surface area contributed by atoms with Crippen LogP contribution < -0.4 is 0 Å². The van der Waals surface area contributed by atoms with Crippen LogP contribution in [-0.4, -0.2) is 5.11 Å². The van der Waals surface area contributed by atoms with Gasteiger partial charge in [-0.15, -0.1) is 0 Å². The fourth-order valence-electron chi connectivity index (χ4n) is 2.60. The van der Waals surface area contributed by atoms with Crippen molar-refractivity contribution in [3.05, 3.63) is 33.8 Å². The van der Waals surface area contributed by atoms with E-state index in [1.807, 2.05) is 0 Å². The van der Waals surface area contributed by atoms with Gasteiger partial charge in [0.2, 0.25) is 0 Å². The van der Waals surface area contributed by atoms with Gasteiger partial charge in [0.1, 0.15) is 0 Å². The van der Waals surface area contributed by atoms with Crippen molar-refractivity contribution in [2.75, 3.05) is 0 Å². The molecule has 0 aromatic heterocycles. The molecule has 3 heteroatoms. The molecule has 0 aliphatic heterocycles. The molecular weight excluding hydrogens is 243 g/mol. The summed E-state index contributed by atoms with van der Waals surface area (Å²) in [4.78, 5) is 0. The first kappa shape index (κ1) is 12.2. The molecule has 0 saturated heterocycles. The van der Waals surface area contributed by atoms with Crippen LogP contribution in [0.2, 0.25) is 10.0 Å². The van der Waals surface area contributed by atoms with Gasteiger partial charge in [-0.2, -0.15) is 0 Å². The Hall–Kier alpha value is -0.240. The van der Waals surface area contributed by atoms with Gasteiger partial charge in [-0.3, -0.25) is 0 Å². The van der Waals surface area contributed by atoms with Crippen LogP contribution in [0.4, 0.5) is 0 Å². The van der Waals surface area contributed by atoms with Crippen LogP contribution in [0.25, 0.3) is 0 Å². The van der Waals surface area contributed by atoms with Gasteiger partial charge in [0.05, 0.1) is 5.60 Å². The summed E-state index contributed by atoms with van der Waals surface area (Å²) in [5.74, 6) is 0. The van der Waals surface area contributed by atoms with Crippen molar-refractivity contribution in [2.24, 2.45) is 5.41 Å². The van der Waals surface area contributed by atoms with Gasteiger partial charge in [-0.25, -0.2) is 0 Å². The van der Waals surface area contributed by atoms with Crippen LogP contribution in [0.3, 0.4) is 0 Å². The summed E-state index contributed by atoms with van der Waals surface area (Å²) >= 11 is 12.1. The molecule has 1 unspecified atom stereocenters. The molecular formula is C13H16Cl2O. The Balaban J connectivity index is 2.41. The normalized spacial score (nSPS) is 28.3. The second-order valence-electron chi connectivity index (χ2n) is 5.50. The highest BCUT2D eigenvalue weighted by Crippen LogP contribution is 2.50. The number of hydrogen-bond acceptors (Lipinski definition) is 1. The summed E-state index contributed by atoms with van der Waals surface area (Å²) in [6.07, 6.45) is 2.49. The highest BCUT2D eigenvalue weighted by molar-refractivity contribution is 6.33. The predicted octanol–water partition coefficient (Wildman–Crippen LogP) is 4.39. The molecule has 1 atom stereocenters. The van der Waals surface area contributed by atoms with E-state index in [0.29, 0.717) is 10.0 Å². The van der Waals surface area contributed by atoms with E-state index in [-0.39, 0.29) is 5.41 Å². The molecule has 0 bridgehead atoms. The van der Waals surface area contributed by atoms with E-state index in [4.69, 9.17) is 23.2 Å². The molecule has 1 N–H and O–H groups in total. The van der Waals surface area contributed by atoms with Crippen LogP contribution in [0, 0.1) is 5.41 Å². The highest BCUT2D eigenvalue weighted by Gasteiger charge is 2.43. The van der Waals surface area contributed by atoms with Gasteiger partial charge in [0.15, 0.2) is 0 Å². The Morgan fingerprint density at radius 3 is 2.44 bits per heavy atom. The Morgan fingerprint density at radius 2 is 1.88 bits per heavy atom. The molecule has 0 heterocycles. The van der Waals surface area contributed by atoms with Crippen molar-refractivity contribution in [1.82, 2.24) is 0 Å². The van der Waals surface area contributed by atoms with Gasteiger partial charge in [-0.1, -0.05) is 37.0 Å². The van der Waals surface area contributed by atoms with Crippen LogP contribution in [0.1, 0.15) is 38.7 Å². The number of benzene rings is 1. The van der Waals surface area contributed by atoms with Crippen LogP contribution in [-0.2, 0) is 5.60 Å². The first-order chi connectivity index (χ1) is 7.32. The van der Waals surface area contributed by atoms with Crippen LogP contribution >= 0.6 is 23.2 Å². The first-order valence-electron chi connectivity index (χ1n) is 5.50. The minimum Gasteiger partial charge on any atom is -0.385 e. The molecule has 0 radical (unpaired) electrons. The Kier molecular flexibility index (Phi) is 2.98. The topological polar surface area (TPSA) is 20.2 Å². The maximum Gasteiger partial charge on any atom is 0.0916 e. The molecule has 1 aliphatic carbocycles. The first-order valence-corrected chi connectivity index (χ1v) is 6.26. The second kappa shape index (κ2) is 3.90. The molecule has 1 fully saturated rings. The van der Waals surface area contributed by atoms with Gasteiger partial charge in [-0.05, 0) is 42.9 Å². The average molecular weight is 259 g/mol. The summed E-state index contributed by atoms with van der Waals surface area (Å²) in [5, 5.41) is 11.9. The molecule has 1 aromatic rings. The minimum absolute atomic E-state index is 0.167. The molecule has 0 spiro atoms. The number of hydrogen-bond donors (Lipinski definition) is 1. The lowest BCUT2D eigenvalue weighted by molar-refractivity contribution is 0.0339. The lowest BCUT2D eigenvalue weighted by Gasteiger charge is -2.26. The quantitative estimate of drug-likeness (QED) is 0.792. The zero-order valence-corrected chi connectivity index (χ0v) is 11.1. The summed E-state index contributed by atoms with van der Waals surface area (Å²) in [6.45, 7) is 4.34. The van der Waals surface area contributed by atoms with E-state index in [2.05, 4.69) is 13.8 Å². The van der Waals surface area contributed by atoms with Crippen molar-refractivity contribution in [1.29, 1.82) is 0 Å². The Labute approximate surface area is 106 Å². The lowest BCUT2D eigenvalue weighted by atomic mass is 9.86. The van der Waals surface area contributed by atoms with E-state index >= 15 is 0 Å². The predicted molar refractivity (Wildman–Crippen MR) is 68.0 cm³/mol. The van der Waals surface area contributed by atoms with Gasteiger partial charge in [0.25, 0.3) is 0 Å². The maximum absolute atomic E-state index is 10.7. The average Bonchev–Trinajstić information content (AvgIpc) is 2.46. The molecule has 1 saturated carbocycles. The van der Waals surface area contributed by atoms with Crippen molar-refractivity contribution < 1.29 is 5.11 Å². The lowest BCUT2D eigenvalue weighted by Crippen LogP contribution is -2.23. The molecule has 0 amide bonds. The number of halogens is 2. The largest absolute Gasteiger partial charge is 0.385 e. The molecule has 1 aliphatic rings. The van der Waals surface area contributed by atoms with Crippen LogP contribution in [0.15, 0.2) is 18.2 Å². The van der Waals surface area contributed by atoms with E-state index in [0.717, 1.165) is 24.8 Å². The SMILES string of the molecule is CC1(C)CCC(O)(c2cc(Cl)ccc2Cl)C1. The van der Waals surface area contributed by atoms with Crippen molar-refractivity contribution >= 4 is 23.2 Å². The third-order valence-corrected chi connectivity index (χ3v) is 3.98. The molecule has 2 rings (SSSR count). The minimum atomic E-state index is -0.814. The Bertz CT molecular complexity index is 414. The molecule has 88 valence electrons. The Morgan fingerprint density at radius 1 is 1.19 bits per heavy atom. The van der Waals surface area contributed by atoms with Gasteiger partial charge < -0.3 is 5.11 Å². The fourth-order valence-corrected chi connectivity index (χ4v) is 3.06. The van der Waals surface area contributed by atoms with Crippen molar-refractivity contribution in [3.8, 4) is 0 Å². The van der Waals surface area contributed by atoms with Gasteiger partial charge >= 0.3 is 0 Å². The van der Waals surface area contributed by atoms with E-state index in [9.17, 15) is 5.11 Å². The summed E-state index contributed by atoms with van der Waals surface area (Å²) in [5.41, 5.74) is 0.124. The van der Waals surface area contributed by atoms with E-state index < -0.39 is 5.60 Å². The monoisotopic (exact) mass is 258 g/mol. The number of aliphatic hydroxyl groups is 1. The zero-order chi connectivity index (χ0) is 12.0. The zero-order valence-electron chi connectivity index (χ0n) is 9.56. The summed E-state index contributed by atoms with van der Waals surface area (Å²) in [7, 11) is 0. The van der Waals surface area contributed by atoms with Crippen molar-refractivity contribution in [3.63, 3.8) is 0 Å². The highest BCUT2D eigenvalue weighted by atomic mass is 35.5. The summed E-state index contributed by atoms with van der Waals surface area (Å²) < 4.78 is 0. The second-order valence-corrected chi connectivity index (χ2v) is 6.34. The van der Waals surface area contributed by atoms with Crippen molar-refractivity contribution in [2.45, 2.75) is 38.7 Å². The van der Waals surface area contributed by atoms with E-state index in [1.165, 1.54) is 0 Å². The van der Waals surface area contributed by atoms with Gasteiger partial charge in [0, 0.05) is 15.6 Å². The smallest absolute Gasteiger partial charge is 0.0916 e. The third-order valence-electron chi connectivity index (χ3n) is 3.42. The molecule has 16 heavy (non-hydrogen) atoms. The molecule has 1 nitrogen and oxygen atoms in total. The standard InChI is InChI=1S/C13H16Cl2O/c1-12(2)5-6-13(16,8-12)10-7-9(14)3-4-11(10)15/h3-4,7,16H,5-6,8H2,1-2H3. The maximum atomic E-state index is 10.7. The van der Waals surface area contributed by atoms with Crippen LogP contribution in [0.5, 0.6) is 0 Å². The summed E-state index contributed by atoms with van der Waals surface area (Å²) in [6, 6.07) is 5.28. The fraction of sp³-hybridized carbons (Fsp3) is 0.538. The number of rotatable bonds is 1. The molecule has 1 aromatic carbocycles.